The molecule has 2 unspecified atom stereocenters. The van der Waals surface area contributed by atoms with E-state index in [1.54, 1.807) is 0 Å². The first kappa shape index (κ1) is 10.8. The minimum Gasteiger partial charge on any atom is -0.388 e. The maximum atomic E-state index is 5.80. The molecule has 1 aliphatic heterocycles. The number of nitrogens with two attached hydrogens (primary N) is 1. The fourth-order valence-electron chi connectivity index (χ4n) is 2.16. The van der Waals surface area contributed by atoms with Gasteiger partial charge in [-0.15, -0.1) is 5.10 Å². The summed E-state index contributed by atoms with van der Waals surface area (Å²) in [5.74, 6) is 0.770. The molecule has 0 radical (unpaired) electrons. The Hall–Kier alpha value is -0.680. The van der Waals surface area contributed by atoms with E-state index in [9.17, 15) is 0 Å². The van der Waals surface area contributed by atoms with Crippen molar-refractivity contribution in [2.45, 2.75) is 39.3 Å². The maximum absolute atomic E-state index is 5.80. The van der Waals surface area contributed by atoms with Crippen LogP contribution in [0.5, 0.6) is 0 Å². The smallest absolute Gasteiger partial charge is 0.132 e. The van der Waals surface area contributed by atoms with Gasteiger partial charge in [0.2, 0.25) is 0 Å². The molecule has 1 saturated heterocycles. The predicted octanol–water partition coefficient (Wildman–Crippen LogP) is 1.74. The maximum Gasteiger partial charge on any atom is 0.132 e. The summed E-state index contributed by atoms with van der Waals surface area (Å²) in [5.41, 5.74) is 6.75. The highest BCUT2D eigenvalue weighted by Crippen LogP contribution is 2.25. The molecule has 0 saturated carbocycles. The summed E-state index contributed by atoms with van der Waals surface area (Å²) >= 11 is 1.29. The second-order valence-electron chi connectivity index (χ2n) is 4.41. The molecule has 0 amide bonds. The van der Waals surface area contributed by atoms with Gasteiger partial charge < -0.3 is 5.73 Å². The van der Waals surface area contributed by atoms with Crippen LogP contribution in [0.25, 0.3) is 0 Å². The Morgan fingerprint density at radius 2 is 2.33 bits per heavy atom. The van der Waals surface area contributed by atoms with Gasteiger partial charge in [0.05, 0.1) is 0 Å². The second kappa shape index (κ2) is 4.45. The molecule has 5 heteroatoms. The van der Waals surface area contributed by atoms with E-state index in [0.29, 0.717) is 6.04 Å². The van der Waals surface area contributed by atoms with Crippen molar-refractivity contribution in [3.63, 3.8) is 0 Å². The number of piperidine rings is 1. The molecule has 15 heavy (non-hydrogen) atoms. The van der Waals surface area contributed by atoms with Gasteiger partial charge in [-0.2, -0.15) is 0 Å². The van der Waals surface area contributed by atoms with Crippen LogP contribution in [0.2, 0.25) is 0 Å². The number of nitrogen functional groups attached to an aromatic ring is 1. The molecule has 0 bridgehead atoms. The monoisotopic (exact) mass is 226 g/mol. The summed E-state index contributed by atoms with van der Waals surface area (Å²) in [6, 6.07) is 0.625. The summed E-state index contributed by atoms with van der Waals surface area (Å²) in [7, 11) is 0. The molecule has 1 fully saturated rings. The third kappa shape index (κ3) is 2.29. The van der Waals surface area contributed by atoms with E-state index in [-0.39, 0.29) is 0 Å². The van der Waals surface area contributed by atoms with Crippen LogP contribution >= 0.6 is 11.5 Å². The SMILES string of the molecule is CC1CCCN(Cc2nnsc2N)C1C. The molecular formula is C10H18N4S. The highest BCUT2D eigenvalue weighted by atomic mass is 32.1. The lowest BCUT2D eigenvalue weighted by Crippen LogP contribution is -2.41. The fourth-order valence-corrected chi connectivity index (χ4v) is 2.60. The molecule has 2 heterocycles. The molecule has 0 spiro atoms. The quantitative estimate of drug-likeness (QED) is 0.834. The summed E-state index contributed by atoms with van der Waals surface area (Å²) in [6.07, 6.45) is 2.62. The predicted molar refractivity (Wildman–Crippen MR) is 62.6 cm³/mol. The zero-order chi connectivity index (χ0) is 10.8. The van der Waals surface area contributed by atoms with E-state index in [2.05, 4.69) is 28.3 Å². The molecule has 84 valence electrons. The van der Waals surface area contributed by atoms with Gasteiger partial charge in [-0.25, -0.2) is 0 Å². The van der Waals surface area contributed by atoms with Crippen molar-refractivity contribution in [1.29, 1.82) is 0 Å². The van der Waals surface area contributed by atoms with Crippen LogP contribution in [0.3, 0.4) is 0 Å². The Morgan fingerprint density at radius 3 is 3.00 bits per heavy atom. The number of nitrogens with zero attached hydrogens (tertiary/aromatic N) is 3. The van der Waals surface area contributed by atoms with Crippen LogP contribution in [-0.2, 0) is 6.54 Å². The van der Waals surface area contributed by atoms with Crippen LogP contribution < -0.4 is 5.73 Å². The largest absolute Gasteiger partial charge is 0.388 e. The van der Waals surface area contributed by atoms with Crippen molar-refractivity contribution in [3.8, 4) is 0 Å². The Balaban J connectivity index is 2.02. The minimum absolute atomic E-state index is 0.625. The summed E-state index contributed by atoms with van der Waals surface area (Å²) in [4.78, 5) is 2.46. The molecule has 1 aromatic heterocycles. The van der Waals surface area contributed by atoms with E-state index in [1.807, 2.05) is 0 Å². The Kier molecular flexibility index (Phi) is 3.21. The van der Waals surface area contributed by atoms with Crippen molar-refractivity contribution in [2.75, 3.05) is 12.3 Å². The molecule has 1 aromatic rings. The number of hydrogen-bond acceptors (Lipinski definition) is 5. The third-order valence-electron chi connectivity index (χ3n) is 3.44. The van der Waals surface area contributed by atoms with Gasteiger partial charge in [-0.1, -0.05) is 11.4 Å². The number of hydrogen-bond donors (Lipinski definition) is 1. The number of anilines is 1. The lowest BCUT2D eigenvalue weighted by atomic mass is 9.92. The zero-order valence-corrected chi connectivity index (χ0v) is 10.1. The van der Waals surface area contributed by atoms with E-state index < -0.39 is 0 Å². The average molecular weight is 226 g/mol. The van der Waals surface area contributed by atoms with Gasteiger partial charge in [-0.3, -0.25) is 4.90 Å². The fraction of sp³-hybridized carbons (Fsp3) is 0.800. The van der Waals surface area contributed by atoms with Crippen molar-refractivity contribution in [2.24, 2.45) is 5.92 Å². The van der Waals surface area contributed by atoms with Gasteiger partial charge in [0.1, 0.15) is 10.7 Å². The summed E-state index contributed by atoms with van der Waals surface area (Å²) < 4.78 is 3.87. The van der Waals surface area contributed by atoms with Gasteiger partial charge >= 0.3 is 0 Å². The van der Waals surface area contributed by atoms with E-state index >= 15 is 0 Å². The van der Waals surface area contributed by atoms with Crippen molar-refractivity contribution in [3.05, 3.63) is 5.69 Å². The van der Waals surface area contributed by atoms with E-state index in [4.69, 9.17) is 5.73 Å². The Labute approximate surface area is 94.6 Å². The zero-order valence-electron chi connectivity index (χ0n) is 9.31. The number of aromatic nitrogens is 2. The average Bonchev–Trinajstić information content (AvgIpc) is 2.60. The molecule has 2 rings (SSSR count). The molecule has 0 aromatic carbocycles. The molecule has 1 aliphatic rings. The summed E-state index contributed by atoms with van der Waals surface area (Å²) in [6.45, 7) is 6.62. The standard InChI is InChI=1S/C10H18N4S/c1-7-4-3-5-14(8(7)2)6-9-10(11)15-13-12-9/h7-8H,3-6,11H2,1-2H3. The van der Waals surface area contributed by atoms with Crippen molar-refractivity contribution in [1.82, 2.24) is 14.5 Å². The molecule has 0 aliphatic carbocycles. The Morgan fingerprint density at radius 1 is 1.53 bits per heavy atom. The topological polar surface area (TPSA) is 55.0 Å². The van der Waals surface area contributed by atoms with E-state index in [0.717, 1.165) is 29.7 Å². The van der Waals surface area contributed by atoms with Crippen LogP contribution in [0.1, 0.15) is 32.4 Å². The van der Waals surface area contributed by atoms with E-state index in [1.165, 1.54) is 24.4 Å². The van der Waals surface area contributed by atoms with Gasteiger partial charge in [0, 0.05) is 24.1 Å². The molecular weight excluding hydrogens is 208 g/mol. The van der Waals surface area contributed by atoms with Crippen molar-refractivity contribution < 1.29 is 0 Å². The van der Waals surface area contributed by atoms with Crippen LogP contribution in [0.4, 0.5) is 5.00 Å². The highest BCUT2D eigenvalue weighted by molar-refractivity contribution is 7.09. The van der Waals surface area contributed by atoms with Gasteiger partial charge in [-0.05, 0) is 32.2 Å². The summed E-state index contributed by atoms with van der Waals surface area (Å²) in [5, 5.41) is 4.84. The van der Waals surface area contributed by atoms with Gasteiger partial charge in [0.15, 0.2) is 0 Å². The molecule has 2 N–H and O–H groups in total. The molecule has 2 atom stereocenters. The molecule has 4 nitrogen and oxygen atoms in total. The van der Waals surface area contributed by atoms with Crippen LogP contribution in [0.15, 0.2) is 0 Å². The third-order valence-corrected chi connectivity index (χ3v) is 4.04. The number of likely N-dealkylation sites (tertiary alicyclic amines) is 1. The number of rotatable bonds is 2. The second-order valence-corrected chi connectivity index (χ2v) is 5.20. The van der Waals surface area contributed by atoms with Crippen LogP contribution in [-0.4, -0.2) is 27.1 Å². The first-order chi connectivity index (χ1) is 7.18. The minimum atomic E-state index is 0.625. The lowest BCUT2D eigenvalue weighted by Gasteiger charge is -2.37. The lowest BCUT2D eigenvalue weighted by molar-refractivity contribution is 0.105. The first-order valence-corrected chi connectivity index (χ1v) is 6.26. The normalized spacial score (nSPS) is 28.1. The first-order valence-electron chi connectivity index (χ1n) is 5.49. The highest BCUT2D eigenvalue weighted by Gasteiger charge is 2.25. The van der Waals surface area contributed by atoms with Crippen molar-refractivity contribution >= 4 is 16.5 Å². The van der Waals surface area contributed by atoms with Crippen LogP contribution in [0, 0.1) is 5.92 Å². The van der Waals surface area contributed by atoms with Gasteiger partial charge in [0.25, 0.3) is 0 Å². The Bertz CT molecular complexity index is 325.